The maximum absolute atomic E-state index is 12.7. The van der Waals surface area contributed by atoms with Crippen molar-refractivity contribution in [3.8, 4) is 6.07 Å². The third-order valence-corrected chi connectivity index (χ3v) is 3.79. The van der Waals surface area contributed by atoms with Crippen LogP contribution in [0.4, 0.5) is 0 Å². The Balaban J connectivity index is 2.08. The van der Waals surface area contributed by atoms with Crippen molar-refractivity contribution in [2.75, 3.05) is 7.05 Å². The standard InChI is InChI=1S/C19H20N2O/c1-3-18(17-7-5-4-6-8-17)19(22)21(2)14-16-11-9-15(13-20)10-12-16/h4-12,18H,3,14H2,1-2H3/t18-/m0/s1. The molecule has 22 heavy (non-hydrogen) atoms. The van der Waals surface area contributed by atoms with E-state index in [4.69, 9.17) is 5.26 Å². The van der Waals surface area contributed by atoms with Gasteiger partial charge < -0.3 is 4.90 Å². The van der Waals surface area contributed by atoms with E-state index < -0.39 is 0 Å². The molecule has 0 fully saturated rings. The van der Waals surface area contributed by atoms with E-state index >= 15 is 0 Å². The number of nitrogens with zero attached hydrogens (tertiary/aromatic N) is 2. The number of carbonyl (C=O) groups is 1. The molecule has 1 atom stereocenters. The van der Waals surface area contributed by atoms with Gasteiger partial charge in [0.1, 0.15) is 0 Å². The molecule has 0 radical (unpaired) electrons. The van der Waals surface area contributed by atoms with Gasteiger partial charge in [-0.2, -0.15) is 5.26 Å². The number of carbonyl (C=O) groups excluding carboxylic acids is 1. The summed E-state index contributed by atoms with van der Waals surface area (Å²) in [5, 5.41) is 8.81. The van der Waals surface area contributed by atoms with Crippen molar-refractivity contribution in [1.29, 1.82) is 5.26 Å². The van der Waals surface area contributed by atoms with Crippen molar-refractivity contribution in [3.05, 3.63) is 71.3 Å². The topological polar surface area (TPSA) is 44.1 Å². The molecule has 0 spiro atoms. The van der Waals surface area contributed by atoms with Gasteiger partial charge in [0.2, 0.25) is 5.91 Å². The summed E-state index contributed by atoms with van der Waals surface area (Å²) in [5.41, 5.74) is 2.72. The molecule has 0 saturated carbocycles. The quantitative estimate of drug-likeness (QED) is 0.843. The van der Waals surface area contributed by atoms with Gasteiger partial charge in [0.15, 0.2) is 0 Å². The number of amides is 1. The molecule has 0 unspecified atom stereocenters. The molecule has 2 rings (SSSR count). The maximum atomic E-state index is 12.7. The molecule has 2 aromatic rings. The molecule has 3 heteroatoms. The van der Waals surface area contributed by atoms with Crippen LogP contribution in [-0.2, 0) is 11.3 Å². The predicted octanol–water partition coefficient (Wildman–Crippen LogP) is 3.71. The summed E-state index contributed by atoms with van der Waals surface area (Å²) >= 11 is 0. The van der Waals surface area contributed by atoms with E-state index in [-0.39, 0.29) is 11.8 Å². The molecule has 0 aliphatic rings. The Morgan fingerprint density at radius 1 is 1.14 bits per heavy atom. The van der Waals surface area contributed by atoms with Crippen LogP contribution in [0.1, 0.15) is 36.0 Å². The van der Waals surface area contributed by atoms with Gasteiger partial charge >= 0.3 is 0 Å². The summed E-state index contributed by atoms with van der Waals surface area (Å²) < 4.78 is 0. The monoisotopic (exact) mass is 292 g/mol. The Labute approximate surface area is 131 Å². The molecule has 0 aromatic heterocycles. The van der Waals surface area contributed by atoms with Crippen LogP contribution in [0.2, 0.25) is 0 Å². The molecule has 0 saturated heterocycles. The number of nitriles is 1. The maximum Gasteiger partial charge on any atom is 0.230 e. The van der Waals surface area contributed by atoms with Crippen LogP contribution in [-0.4, -0.2) is 17.9 Å². The number of hydrogen-bond donors (Lipinski definition) is 0. The van der Waals surface area contributed by atoms with Crippen LogP contribution in [0, 0.1) is 11.3 Å². The number of hydrogen-bond acceptors (Lipinski definition) is 2. The first-order chi connectivity index (χ1) is 10.7. The fourth-order valence-corrected chi connectivity index (χ4v) is 2.54. The lowest BCUT2D eigenvalue weighted by Gasteiger charge is -2.23. The van der Waals surface area contributed by atoms with Gasteiger partial charge in [-0.3, -0.25) is 4.79 Å². The second-order valence-corrected chi connectivity index (χ2v) is 5.37. The van der Waals surface area contributed by atoms with E-state index in [1.807, 2.05) is 56.4 Å². The average molecular weight is 292 g/mol. The Morgan fingerprint density at radius 2 is 1.77 bits per heavy atom. The zero-order valence-corrected chi connectivity index (χ0v) is 13.0. The average Bonchev–Trinajstić information content (AvgIpc) is 2.57. The van der Waals surface area contributed by atoms with Gasteiger partial charge in [-0.05, 0) is 29.7 Å². The van der Waals surface area contributed by atoms with Gasteiger partial charge in [-0.25, -0.2) is 0 Å². The van der Waals surface area contributed by atoms with E-state index in [2.05, 4.69) is 6.07 Å². The van der Waals surface area contributed by atoms with Crippen LogP contribution >= 0.6 is 0 Å². The lowest BCUT2D eigenvalue weighted by Crippen LogP contribution is -2.31. The van der Waals surface area contributed by atoms with Gasteiger partial charge in [-0.1, -0.05) is 49.4 Å². The highest BCUT2D eigenvalue weighted by Crippen LogP contribution is 2.22. The molecule has 0 N–H and O–H groups in total. The van der Waals surface area contributed by atoms with E-state index in [1.165, 1.54) is 0 Å². The molecule has 2 aromatic carbocycles. The lowest BCUT2D eigenvalue weighted by molar-refractivity contribution is -0.132. The minimum Gasteiger partial charge on any atom is -0.341 e. The fraction of sp³-hybridized carbons (Fsp3) is 0.263. The van der Waals surface area contributed by atoms with Crippen molar-refractivity contribution < 1.29 is 4.79 Å². The molecule has 0 bridgehead atoms. The molecule has 0 aliphatic carbocycles. The minimum absolute atomic E-state index is 0.107. The van der Waals surface area contributed by atoms with Crippen LogP contribution in [0.3, 0.4) is 0 Å². The Kier molecular flexibility index (Phi) is 5.32. The van der Waals surface area contributed by atoms with Gasteiger partial charge in [0.25, 0.3) is 0 Å². The first-order valence-corrected chi connectivity index (χ1v) is 7.44. The van der Waals surface area contributed by atoms with Gasteiger partial charge in [-0.15, -0.1) is 0 Å². The first-order valence-electron chi connectivity index (χ1n) is 7.44. The summed E-state index contributed by atoms with van der Waals surface area (Å²) in [6.07, 6.45) is 0.778. The van der Waals surface area contributed by atoms with E-state index in [0.717, 1.165) is 17.5 Å². The van der Waals surface area contributed by atoms with Crippen molar-refractivity contribution in [2.45, 2.75) is 25.8 Å². The second-order valence-electron chi connectivity index (χ2n) is 5.37. The normalized spacial score (nSPS) is 11.5. The van der Waals surface area contributed by atoms with E-state index in [9.17, 15) is 4.79 Å². The third kappa shape index (κ3) is 3.73. The van der Waals surface area contributed by atoms with Crippen molar-refractivity contribution in [1.82, 2.24) is 4.90 Å². The van der Waals surface area contributed by atoms with Crippen LogP contribution in [0.5, 0.6) is 0 Å². The smallest absolute Gasteiger partial charge is 0.230 e. The van der Waals surface area contributed by atoms with Crippen molar-refractivity contribution in [3.63, 3.8) is 0 Å². The Hall–Kier alpha value is -2.60. The largest absolute Gasteiger partial charge is 0.341 e. The zero-order valence-electron chi connectivity index (χ0n) is 13.0. The highest BCUT2D eigenvalue weighted by Gasteiger charge is 2.21. The van der Waals surface area contributed by atoms with E-state index in [1.54, 1.807) is 17.0 Å². The molecule has 1 amide bonds. The summed E-state index contributed by atoms with van der Waals surface area (Å²) in [6, 6.07) is 19.3. The molecule has 3 nitrogen and oxygen atoms in total. The minimum atomic E-state index is -0.107. The predicted molar refractivity (Wildman–Crippen MR) is 87.1 cm³/mol. The molecular weight excluding hydrogens is 272 g/mol. The van der Waals surface area contributed by atoms with Crippen molar-refractivity contribution in [2.24, 2.45) is 0 Å². The Morgan fingerprint density at radius 3 is 2.32 bits per heavy atom. The molecular formula is C19H20N2O. The summed E-state index contributed by atoms with van der Waals surface area (Å²) in [4.78, 5) is 14.4. The first kappa shape index (κ1) is 15.8. The van der Waals surface area contributed by atoms with Crippen LogP contribution < -0.4 is 0 Å². The fourth-order valence-electron chi connectivity index (χ4n) is 2.54. The third-order valence-electron chi connectivity index (χ3n) is 3.79. The number of benzene rings is 2. The summed E-state index contributed by atoms with van der Waals surface area (Å²) in [7, 11) is 1.83. The summed E-state index contributed by atoms with van der Waals surface area (Å²) in [5.74, 6) is 0.0163. The van der Waals surface area contributed by atoms with Gasteiger partial charge in [0, 0.05) is 13.6 Å². The number of likely N-dealkylation sites (N-methyl/N-ethyl adjacent to an activating group) is 1. The SMILES string of the molecule is CC[C@H](C(=O)N(C)Cc1ccc(C#N)cc1)c1ccccc1. The van der Waals surface area contributed by atoms with E-state index in [0.29, 0.717) is 12.1 Å². The highest BCUT2D eigenvalue weighted by atomic mass is 16.2. The van der Waals surface area contributed by atoms with Gasteiger partial charge in [0.05, 0.1) is 17.6 Å². The lowest BCUT2D eigenvalue weighted by atomic mass is 9.95. The summed E-state index contributed by atoms with van der Waals surface area (Å²) in [6.45, 7) is 2.58. The second kappa shape index (κ2) is 7.42. The van der Waals surface area contributed by atoms with Crippen LogP contribution in [0.25, 0.3) is 0 Å². The van der Waals surface area contributed by atoms with Crippen LogP contribution in [0.15, 0.2) is 54.6 Å². The number of rotatable bonds is 5. The molecule has 0 aliphatic heterocycles. The zero-order chi connectivity index (χ0) is 15.9. The molecule has 112 valence electrons. The Bertz CT molecular complexity index is 656. The highest BCUT2D eigenvalue weighted by molar-refractivity contribution is 5.83. The van der Waals surface area contributed by atoms with Crippen molar-refractivity contribution >= 4 is 5.91 Å². The molecule has 0 heterocycles.